The molecule has 0 radical (unpaired) electrons. The Labute approximate surface area is 67.0 Å². The van der Waals surface area contributed by atoms with E-state index < -0.39 is 0 Å². The molecule has 0 atom stereocenters. The number of nitrogens with zero attached hydrogens (tertiary/aromatic N) is 3. The lowest BCUT2D eigenvalue weighted by Crippen LogP contribution is -1.78. The molecule has 0 saturated heterocycles. The maximum atomic E-state index is 8.63. The van der Waals surface area contributed by atoms with Crippen molar-refractivity contribution in [3.63, 3.8) is 0 Å². The predicted octanol–water partition coefficient (Wildman–Crippen LogP) is 1.56. The highest BCUT2D eigenvalue weighted by Crippen LogP contribution is 2.18. The highest BCUT2D eigenvalue weighted by molar-refractivity contribution is 7.16. The van der Waals surface area contributed by atoms with Gasteiger partial charge in [-0.15, -0.1) is 11.3 Å². The zero-order valence-corrected chi connectivity index (χ0v) is 6.30. The lowest BCUT2D eigenvalue weighted by atomic mass is 10.3. The van der Waals surface area contributed by atoms with Crippen molar-refractivity contribution in [2.45, 2.75) is 0 Å². The Morgan fingerprint density at radius 3 is 3.18 bits per heavy atom. The molecule has 2 aromatic heterocycles. The van der Waals surface area contributed by atoms with E-state index in [0.717, 1.165) is 10.2 Å². The van der Waals surface area contributed by atoms with Crippen LogP contribution in [0.2, 0.25) is 0 Å². The van der Waals surface area contributed by atoms with Crippen molar-refractivity contribution < 1.29 is 0 Å². The highest BCUT2D eigenvalue weighted by atomic mass is 32.1. The predicted molar refractivity (Wildman–Crippen MR) is 42.1 cm³/mol. The second-order valence-corrected chi connectivity index (χ2v) is 2.88. The van der Waals surface area contributed by atoms with E-state index in [1.54, 1.807) is 11.7 Å². The Morgan fingerprint density at radius 2 is 2.36 bits per heavy atom. The van der Waals surface area contributed by atoms with Gasteiger partial charge in [0.1, 0.15) is 11.6 Å². The summed E-state index contributed by atoms with van der Waals surface area (Å²) >= 11 is 1.49. The summed E-state index contributed by atoms with van der Waals surface area (Å²) in [6.45, 7) is 0. The first-order valence-corrected chi connectivity index (χ1v) is 3.87. The highest BCUT2D eigenvalue weighted by Gasteiger charge is 2.01. The Kier molecular flexibility index (Phi) is 1.30. The van der Waals surface area contributed by atoms with E-state index in [1.807, 2.05) is 6.07 Å². The lowest BCUT2D eigenvalue weighted by Gasteiger charge is -1.87. The SMILES string of the molecule is N#Cc1cncc2scnc12. The smallest absolute Gasteiger partial charge is 0.103 e. The topological polar surface area (TPSA) is 49.6 Å². The van der Waals surface area contributed by atoms with Gasteiger partial charge in [0.05, 0.1) is 15.8 Å². The van der Waals surface area contributed by atoms with E-state index in [-0.39, 0.29) is 0 Å². The van der Waals surface area contributed by atoms with Crippen molar-refractivity contribution in [1.29, 1.82) is 5.26 Å². The largest absolute Gasteiger partial charge is 0.262 e. The van der Waals surface area contributed by atoms with E-state index in [0.29, 0.717) is 5.56 Å². The van der Waals surface area contributed by atoms with Gasteiger partial charge < -0.3 is 0 Å². The minimum Gasteiger partial charge on any atom is -0.262 e. The molecule has 0 saturated carbocycles. The first-order valence-electron chi connectivity index (χ1n) is 2.99. The average Bonchev–Trinajstić information content (AvgIpc) is 2.50. The second-order valence-electron chi connectivity index (χ2n) is 2.00. The molecule has 0 aliphatic rings. The average molecular weight is 161 g/mol. The third-order valence-corrected chi connectivity index (χ3v) is 2.13. The molecule has 0 spiro atoms. The van der Waals surface area contributed by atoms with Crippen LogP contribution in [0.15, 0.2) is 17.9 Å². The third-order valence-electron chi connectivity index (χ3n) is 1.37. The molecule has 0 aromatic carbocycles. The van der Waals surface area contributed by atoms with Gasteiger partial charge in [0.25, 0.3) is 0 Å². The van der Waals surface area contributed by atoms with Gasteiger partial charge in [0, 0.05) is 12.4 Å². The van der Waals surface area contributed by atoms with Gasteiger partial charge in [-0.1, -0.05) is 0 Å². The number of hydrogen-bond acceptors (Lipinski definition) is 4. The van der Waals surface area contributed by atoms with Crippen LogP contribution in [0.4, 0.5) is 0 Å². The number of fused-ring (bicyclic) bond motifs is 1. The van der Waals surface area contributed by atoms with Crippen LogP contribution in [-0.2, 0) is 0 Å². The standard InChI is InChI=1S/C7H3N3S/c8-1-5-2-9-3-6-7(5)10-4-11-6/h2-4H. The molecule has 0 aliphatic carbocycles. The molecule has 0 aliphatic heterocycles. The Bertz CT molecular complexity index is 426. The number of hydrogen-bond donors (Lipinski definition) is 0. The van der Waals surface area contributed by atoms with Crippen LogP contribution in [0.1, 0.15) is 5.56 Å². The Morgan fingerprint density at radius 1 is 1.45 bits per heavy atom. The summed E-state index contributed by atoms with van der Waals surface area (Å²) in [5, 5.41) is 8.63. The van der Waals surface area contributed by atoms with Crippen molar-refractivity contribution in [2.24, 2.45) is 0 Å². The van der Waals surface area contributed by atoms with E-state index in [9.17, 15) is 0 Å². The Hall–Kier alpha value is -1.47. The fourth-order valence-corrected chi connectivity index (χ4v) is 1.54. The molecule has 2 aromatic rings. The maximum Gasteiger partial charge on any atom is 0.103 e. The number of aromatic nitrogens is 2. The minimum atomic E-state index is 0.545. The van der Waals surface area contributed by atoms with E-state index >= 15 is 0 Å². The van der Waals surface area contributed by atoms with Crippen molar-refractivity contribution >= 4 is 21.6 Å². The number of rotatable bonds is 0. The van der Waals surface area contributed by atoms with Crippen molar-refractivity contribution in [3.05, 3.63) is 23.5 Å². The zero-order chi connectivity index (χ0) is 7.68. The number of pyridine rings is 1. The summed E-state index contributed by atoms with van der Waals surface area (Å²) in [6, 6.07) is 2.04. The second kappa shape index (κ2) is 2.29. The molecule has 4 heteroatoms. The summed E-state index contributed by atoms with van der Waals surface area (Å²) in [4.78, 5) is 7.95. The van der Waals surface area contributed by atoms with Gasteiger partial charge in [-0.05, 0) is 0 Å². The molecule has 52 valence electrons. The summed E-state index contributed by atoms with van der Waals surface area (Å²) in [7, 11) is 0. The third kappa shape index (κ3) is 0.863. The van der Waals surface area contributed by atoms with Crippen LogP contribution in [-0.4, -0.2) is 9.97 Å². The molecule has 2 rings (SSSR count). The summed E-state index contributed by atoms with van der Waals surface area (Å²) in [5.74, 6) is 0. The van der Waals surface area contributed by atoms with E-state index in [4.69, 9.17) is 5.26 Å². The fourth-order valence-electron chi connectivity index (χ4n) is 0.872. The zero-order valence-electron chi connectivity index (χ0n) is 5.48. The van der Waals surface area contributed by atoms with E-state index in [2.05, 4.69) is 9.97 Å². The molecule has 0 amide bonds. The first-order chi connectivity index (χ1) is 5.42. The lowest BCUT2D eigenvalue weighted by molar-refractivity contribution is 1.33. The quantitative estimate of drug-likeness (QED) is 0.589. The van der Waals surface area contributed by atoms with Crippen molar-refractivity contribution in [1.82, 2.24) is 9.97 Å². The molecule has 0 N–H and O–H groups in total. The van der Waals surface area contributed by atoms with Gasteiger partial charge in [-0.25, -0.2) is 4.98 Å². The van der Waals surface area contributed by atoms with Gasteiger partial charge >= 0.3 is 0 Å². The molecule has 0 bridgehead atoms. The molecule has 2 heterocycles. The van der Waals surface area contributed by atoms with Gasteiger partial charge in [0.2, 0.25) is 0 Å². The molecule has 0 unspecified atom stereocenters. The molecular weight excluding hydrogens is 158 g/mol. The van der Waals surface area contributed by atoms with Gasteiger partial charge in [0.15, 0.2) is 0 Å². The van der Waals surface area contributed by atoms with Crippen molar-refractivity contribution in [2.75, 3.05) is 0 Å². The molecular formula is C7H3N3S. The van der Waals surface area contributed by atoms with Gasteiger partial charge in [-0.3, -0.25) is 4.98 Å². The van der Waals surface area contributed by atoms with Crippen LogP contribution < -0.4 is 0 Å². The molecule has 11 heavy (non-hydrogen) atoms. The molecule has 3 nitrogen and oxygen atoms in total. The summed E-state index contributed by atoms with van der Waals surface area (Å²) < 4.78 is 0.962. The van der Waals surface area contributed by atoms with Crippen LogP contribution in [0.25, 0.3) is 10.2 Å². The summed E-state index contributed by atoms with van der Waals surface area (Å²) in [5.41, 5.74) is 3.02. The Balaban J connectivity index is 2.92. The van der Waals surface area contributed by atoms with Crippen LogP contribution in [0.3, 0.4) is 0 Å². The summed E-state index contributed by atoms with van der Waals surface area (Å²) in [6.07, 6.45) is 3.25. The maximum absolute atomic E-state index is 8.63. The van der Waals surface area contributed by atoms with Crippen molar-refractivity contribution in [3.8, 4) is 6.07 Å². The van der Waals surface area contributed by atoms with Crippen LogP contribution in [0.5, 0.6) is 0 Å². The fraction of sp³-hybridized carbons (Fsp3) is 0. The van der Waals surface area contributed by atoms with E-state index in [1.165, 1.54) is 17.5 Å². The normalized spacial score (nSPS) is 9.73. The van der Waals surface area contributed by atoms with Crippen LogP contribution in [0, 0.1) is 11.3 Å². The monoisotopic (exact) mass is 161 g/mol. The first kappa shape index (κ1) is 6.25. The van der Waals surface area contributed by atoms with Crippen LogP contribution >= 0.6 is 11.3 Å². The minimum absolute atomic E-state index is 0.545. The number of thiazole rings is 1. The van der Waals surface area contributed by atoms with Gasteiger partial charge in [-0.2, -0.15) is 5.26 Å². The number of nitriles is 1. The molecule has 0 fully saturated rings.